The number of benzene rings is 1. The number of hydrogen-bond acceptors (Lipinski definition) is 4. The van der Waals surface area contributed by atoms with Crippen LogP contribution in [0.4, 0.5) is 5.69 Å². The van der Waals surface area contributed by atoms with Gasteiger partial charge in [0.05, 0.1) is 12.6 Å². The summed E-state index contributed by atoms with van der Waals surface area (Å²) in [5, 5.41) is 1.08. The Hall–Kier alpha value is -2.30. The van der Waals surface area contributed by atoms with Gasteiger partial charge in [-0.1, -0.05) is 0 Å². The van der Waals surface area contributed by atoms with E-state index in [0.29, 0.717) is 0 Å². The zero-order valence-electron chi connectivity index (χ0n) is 12.1. The summed E-state index contributed by atoms with van der Waals surface area (Å²) in [7, 11) is 1.66. The molecule has 0 aliphatic carbocycles. The van der Waals surface area contributed by atoms with E-state index in [1.165, 1.54) is 0 Å². The van der Waals surface area contributed by atoms with Crippen molar-refractivity contribution < 1.29 is 9.53 Å². The lowest BCUT2D eigenvalue weighted by Gasteiger charge is -2.33. The van der Waals surface area contributed by atoms with Crippen LogP contribution in [-0.2, 0) is 4.79 Å². The van der Waals surface area contributed by atoms with Crippen molar-refractivity contribution in [3.05, 3.63) is 30.5 Å². The minimum atomic E-state index is -0.184. The first-order valence-electron chi connectivity index (χ1n) is 7.16. The third-order valence-corrected chi connectivity index (χ3v) is 4.16. The third kappa shape index (κ3) is 2.63. The molecule has 5 heteroatoms. The average Bonchev–Trinajstić information content (AvgIpc) is 2.54. The zero-order valence-corrected chi connectivity index (χ0v) is 12.1. The third-order valence-electron chi connectivity index (χ3n) is 4.16. The fraction of sp³-hybridized carbons (Fsp3) is 0.375. The van der Waals surface area contributed by atoms with E-state index in [1.807, 2.05) is 30.5 Å². The van der Waals surface area contributed by atoms with Crippen molar-refractivity contribution >= 4 is 22.5 Å². The zero-order chi connectivity index (χ0) is 14.8. The molecule has 3 rings (SSSR count). The number of primary amides is 1. The number of anilines is 1. The quantitative estimate of drug-likeness (QED) is 0.936. The van der Waals surface area contributed by atoms with Gasteiger partial charge in [-0.15, -0.1) is 0 Å². The molecule has 0 unspecified atom stereocenters. The summed E-state index contributed by atoms with van der Waals surface area (Å²) in [6, 6.07) is 7.91. The van der Waals surface area contributed by atoms with Gasteiger partial charge >= 0.3 is 0 Å². The molecule has 0 spiro atoms. The molecule has 2 N–H and O–H groups in total. The Morgan fingerprint density at radius 2 is 2.10 bits per heavy atom. The first kappa shape index (κ1) is 13.7. The number of ether oxygens (including phenoxy) is 1. The first-order chi connectivity index (χ1) is 10.2. The number of piperidine rings is 1. The van der Waals surface area contributed by atoms with Crippen molar-refractivity contribution in [2.75, 3.05) is 25.1 Å². The number of nitrogens with two attached hydrogens (primary N) is 1. The van der Waals surface area contributed by atoms with Crippen molar-refractivity contribution in [1.29, 1.82) is 0 Å². The van der Waals surface area contributed by atoms with Gasteiger partial charge in [0.2, 0.25) is 5.91 Å². The molecule has 110 valence electrons. The fourth-order valence-electron chi connectivity index (χ4n) is 2.92. The number of rotatable bonds is 3. The predicted octanol–water partition coefficient (Wildman–Crippen LogP) is 1.95. The molecule has 1 aliphatic heterocycles. The second kappa shape index (κ2) is 5.60. The van der Waals surface area contributed by atoms with Crippen molar-refractivity contribution in [3.8, 4) is 5.75 Å². The van der Waals surface area contributed by atoms with Gasteiger partial charge in [0, 0.05) is 36.3 Å². The van der Waals surface area contributed by atoms with Crippen LogP contribution in [0.15, 0.2) is 30.5 Å². The minimum absolute atomic E-state index is 0.00360. The van der Waals surface area contributed by atoms with Gasteiger partial charge in [0.25, 0.3) is 0 Å². The second-order valence-corrected chi connectivity index (χ2v) is 5.38. The lowest BCUT2D eigenvalue weighted by atomic mass is 9.95. The summed E-state index contributed by atoms with van der Waals surface area (Å²) in [6.45, 7) is 1.67. The van der Waals surface area contributed by atoms with Crippen LogP contribution in [0.3, 0.4) is 0 Å². The van der Waals surface area contributed by atoms with E-state index in [1.54, 1.807) is 7.11 Å². The van der Waals surface area contributed by atoms with Crippen molar-refractivity contribution in [3.63, 3.8) is 0 Å². The average molecular weight is 285 g/mol. The normalized spacial score (nSPS) is 16.1. The maximum absolute atomic E-state index is 11.3. The standard InChI is InChI=1S/C16H19N3O2/c1-21-12-2-3-14-13(10-12)15(4-7-18-14)19-8-5-11(6-9-19)16(17)20/h2-4,7,10-11H,5-6,8-9H2,1H3,(H2,17,20). The molecule has 0 saturated carbocycles. The predicted molar refractivity (Wildman–Crippen MR) is 82.4 cm³/mol. The minimum Gasteiger partial charge on any atom is -0.497 e. The topological polar surface area (TPSA) is 68.4 Å². The number of amides is 1. The molecule has 1 aromatic carbocycles. The van der Waals surface area contributed by atoms with E-state index in [4.69, 9.17) is 10.5 Å². The number of methoxy groups -OCH3 is 1. The molecule has 0 radical (unpaired) electrons. The number of aromatic nitrogens is 1. The smallest absolute Gasteiger partial charge is 0.220 e. The molecular formula is C16H19N3O2. The van der Waals surface area contributed by atoms with Crippen LogP contribution in [0, 0.1) is 5.92 Å². The molecule has 0 atom stereocenters. The van der Waals surface area contributed by atoms with Gasteiger partial charge in [-0.05, 0) is 37.1 Å². The Bertz CT molecular complexity index is 664. The van der Waals surface area contributed by atoms with Crippen LogP contribution in [0.1, 0.15) is 12.8 Å². The lowest BCUT2D eigenvalue weighted by Crippen LogP contribution is -2.38. The van der Waals surface area contributed by atoms with Gasteiger partial charge in [-0.3, -0.25) is 9.78 Å². The van der Waals surface area contributed by atoms with Gasteiger partial charge in [0.15, 0.2) is 0 Å². The molecule has 1 saturated heterocycles. The molecular weight excluding hydrogens is 266 g/mol. The highest BCUT2D eigenvalue weighted by Crippen LogP contribution is 2.31. The molecule has 1 aliphatic rings. The Morgan fingerprint density at radius 1 is 1.33 bits per heavy atom. The number of hydrogen-bond donors (Lipinski definition) is 1. The molecule has 1 aromatic heterocycles. The van der Waals surface area contributed by atoms with E-state index < -0.39 is 0 Å². The number of fused-ring (bicyclic) bond motifs is 1. The summed E-state index contributed by atoms with van der Waals surface area (Å²) in [5.41, 5.74) is 7.49. The molecule has 2 aromatic rings. The van der Waals surface area contributed by atoms with Crippen LogP contribution >= 0.6 is 0 Å². The molecule has 1 amide bonds. The lowest BCUT2D eigenvalue weighted by molar-refractivity contribution is -0.122. The number of carbonyl (C=O) groups excluding carboxylic acids is 1. The Balaban J connectivity index is 1.92. The van der Waals surface area contributed by atoms with Gasteiger partial charge < -0.3 is 15.4 Å². The summed E-state index contributed by atoms with van der Waals surface area (Å²) in [5.74, 6) is 0.642. The SMILES string of the molecule is COc1ccc2nccc(N3CCC(C(N)=O)CC3)c2c1. The Kier molecular flexibility index (Phi) is 3.64. The van der Waals surface area contributed by atoms with Crippen molar-refractivity contribution in [2.24, 2.45) is 11.7 Å². The van der Waals surface area contributed by atoms with Crippen LogP contribution in [-0.4, -0.2) is 31.1 Å². The van der Waals surface area contributed by atoms with E-state index in [2.05, 4.69) is 9.88 Å². The highest BCUT2D eigenvalue weighted by molar-refractivity contribution is 5.92. The monoisotopic (exact) mass is 285 g/mol. The number of pyridine rings is 1. The van der Waals surface area contributed by atoms with Crippen molar-refractivity contribution in [1.82, 2.24) is 4.98 Å². The van der Waals surface area contributed by atoms with Crippen LogP contribution in [0.25, 0.3) is 10.9 Å². The van der Waals surface area contributed by atoms with Gasteiger partial charge in [-0.25, -0.2) is 0 Å². The summed E-state index contributed by atoms with van der Waals surface area (Å²) in [4.78, 5) is 18.0. The molecule has 5 nitrogen and oxygen atoms in total. The van der Waals surface area contributed by atoms with Crippen molar-refractivity contribution in [2.45, 2.75) is 12.8 Å². The summed E-state index contributed by atoms with van der Waals surface area (Å²) in [6.07, 6.45) is 3.44. The first-order valence-corrected chi connectivity index (χ1v) is 7.16. The molecule has 21 heavy (non-hydrogen) atoms. The molecule has 1 fully saturated rings. The number of nitrogens with zero attached hydrogens (tertiary/aromatic N) is 2. The van der Waals surface area contributed by atoms with E-state index >= 15 is 0 Å². The van der Waals surface area contributed by atoms with Crippen LogP contribution in [0.5, 0.6) is 5.75 Å². The van der Waals surface area contributed by atoms with Crippen LogP contribution < -0.4 is 15.4 Å². The summed E-state index contributed by atoms with van der Waals surface area (Å²) < 4.78 is 5.31. The maximum atomic E-state index is 11.3. The van der Waals surface area contributed by atoms with Crippen LogP contribution in [0.2, 0.25) is 0 Å². The largest absolute Gasteiger partial charge is 0.497 e. The Morgan fingerprint density at radius 3 is 2.76 bits per heavy atom. The highest BCUT2D eigenvalue weighted by Gasteiger charge is 2.24. The second-order valence-electron chi connectivity index (χ2n) is 5.38. The van der Waals surface area contributed by atoms with Gasteiger partial charge in [0.1, 0.15) is 5.75 Å². The maximum Gasteiger partial charge on any atom is 0.220 e. The van der Waals surface area contributed by atoms with E-state index in [9.17, 15) is 4.79 Å². The molecule has 2 heterocycles. The molecule has 0 bridgehead atoms. The highest BCUT2D eigenvalue weighted by atomic mass is 16.5. The van der Waals surface area contributed by atoms with Gasteiger partial charge in [-0.2, -0.15) is 0 Å². The Labute approximate surface area is 123 Å². The fourth-order valence-corrected chi connectivity index (χ4v) is 2.92. The van der Waals surface area contributed by atoms with E-state index in [-0.39, 0.29) is 11.8 Å². The summed E-state index contributed by atoms with van der Waals surface area (Å²) >= 11 is 0. The number of carbonyl (C=O) groups is 1. The van der Waals surface area contributed by atoms with E-state index in [0.717, 1.165) is 48.3 Å².